The maximum absolute atomic E-state index is 9.20. The monoisotopic (exact) mass is 326 g/mol. The molecule has 0 saturated carbocycles. The average molecular weight is 327 g/mol. The zero-order valence-corrected chi connectivity index (χ0v) is 12.3. The molecule has 0 aliphatic heterocycles. The second kappa shape index (κ2) is 4.66. The highest BCUT2D eigenvalue weighted by atomic mass is 79.9. The molecule has 1 aromatic carbocycles. The lowest BCUT2D eigenvalue weighted by Gasteiger charge is -2.02. The van der Waals surface area contributed by atoms with E-state index in [1.54, 1.807) is 6.07 Å². The minimum atomic E-state index is 0.531. The van der Waals surface area contributed by atoms with Gasteiger partial charge in [0, 0.05) is 16.2 Å². The molecule has 98 valence electrons. The molecule has 4 nitrogen and oxygen atoms in total. The van der Waals surface area contributed by atoms with E-state index in [-0.39, 0.29) is 0 Å². The minimum Gasteiger partial charge on any atom is -0.383 e. The topological polar surface area (TPSA) is 67.1 Å². The normalized spacial score (nSPS) is 10.7. The van der Waals surface area contributed by atoms with Crippen molar-refractivity contribution in [2.24, 2.45) is 0 Å². The molecule has 20 heavy (non-hydrogen) atoms. The summed E-state index contributed by atoms with van der Waals surface area (Å²) in [5.74, 6) is 0.531. The third-order valence-corrected chi connectivity index (χ3v) is 4.07. The predicted octanol–water partition coefficient (Wildman–Crippen LogP) is 3.53. The van der Waals surface area contributed by atoms with Gasteiger partial charge in [-0.05, 0) is 40.5 Å². The summed E-state index contributed by atoms with van der Waals surface area (Å²) in [5, 5.41) is 9.20. The summed E-state index contributed by atoms with van der Waals surface area (Å²) in [6.45, 7) is 2.00. The van der Waals surface area contributed by atoms with Gasteiger partial charge in [-0.15, -0.1) is 0 Å². The van der Waals surface area contributed by atoms with Crippen LogP contribution in [0.2, 0.25) is 0 Å². The summed E-state index contributed by atoms with van der Waals surface area (Å²) in [4.78, 5) is 4.56. The fraction of sp³-hybridized carbons (Fsp3) is 0.0667. The Hall–Kier alpha value is -2.32. The number of nitrogens with zero attached hydrogens (tertiary/aromatic N) is 3. The molecular weight excluding hydrogens is 316 g/mol. The van der Waals surface area contributed by atoms with Gasteiger partial charge in [0.15, 0.2) is 0 Å². The molecule has 0 atom stereocenters. The SMILES string of the molecule is Cc1cc2nc(-c3ccccc3C#N)c(N)n2cc1Br. The number of fused-ring (bicyclic) bond motifs is 1. The van der Waals surface area contributed by atoms with Gasteiger partial charge in [0.2, 0.25) is 0 Å². The number of nitrogens with two attached hydrogens (primary N) is 1. The standard InChI is InChI=1S/C15H11BrN4/c1-9-6-13-19-14(15(18)20(13)8-12(9)16)11-5-3-2-4-10(11)7-17/h2-6,8H,18H2,1H3. The lowest BCUT2D eigenvalue weighted by atomic mass is 10.1. The molecule has 3 rings (SSSR count). The molecule has 3 aromatic rings. The molecule has 5 heteroatoms. The van der Waals surface area contributed by atoms with Crippen LogP contribution in [0.4, 0.5) is 5.82 Å². The van der Waals surface area contributed by atoms with Crippen molar-refractivity contribution in [3.63, 3.8) is 0 Å². The van der Waals surface area contributed by atoms with E-state index < -0.39 is 0 Å². The van der Waals surface area contributed by atoms with Crippen molar-refractivity contribution in [3.8, 4) is 17.3 Å². The molecule has 0 aliphatic carbocycles. The van der Waals surface area contributed by atoms with Gasteiger partial charge < -0.3 is 5.73 Å². The Balaban J connectivity index is 2.33. The maximum Gasteiger partial charge on any atom is 0.139 e. The number of imidazole rings is 1. The van der Waals surface area contributed by atoms with Crippen LogP contribution in [0.1, 0.15) is 11.1 Å². The first-order valence-corrected chi connectivity index (χ1v) is 6.84. The summed E-state index contributed by atoms with van der Waals surface area (Å²) >= 11 is 3.49. The number of nitriles is 1. The highest BCUT2D eigenvalue weighted by molar-refractivity contribution is 9.10. The Morgan fingerprint density at radius 3 is 2.85 bits per heavy atom. The van der Waals surface area contributed by atoms with Gasteiger partial charge in [-0.1, -0.05) is 18.2 Å². The van der Waals surface area contributed by atoms with E-state index in [4.69, 9.17) is 5.73 Å². The van der Waals surface area contributed by atoms with E-state index >= 15 is 0 Å². The van der Waals surface area contributed by atoms with Crippen LogP contribution in [0.25, 0.3) is 16.9 Å². The van der Waals surface area contributed by atoms with E-state index in [9.17, 15) is 5.26 Å². The van der Waals surface area contributed by atoms with Gasteiger partial charge in [0.1, 0.15) is 17.2 Å². The van der Waals surface area contributed by atoms with Crippen LogP contribution >= 0.6 is 15.9 Å². The zero-order chi connectivity index (χ0) is 14.3. The summed E-state index contributed by atoms with van der Waals surface area (Å²) in [6.07, 6.45) is 1.89. The smallest absolute Gasteiger partial charge is 0.139 e. The van der Waals surface area contributed by atoms with E-state index in [1.165, 1.54) is 0 Å². The predicted molar refractivity (Wildman–Crippen MR) is 82.2 cm³/mol. The van der Waals surface area contributed by atoms with Crippen molar-refractivity contribution < 1.29 is 0 Å². The number of hydrogen-bond donors (Lipinski definition) is 1. The molecule has 0 spiro atoms. The Morgan fingerprint density at radius 2 is 2.10 bits per heavy atom. The molecule has 0 aliphatic rings. The van der Waals surface area contributed by atoms with Gasteiger partial charge in [-0.25, -0.2) is 4.98 Å². The molecule has 2 heterocycles. The fourth-order valence-corrected chi connectivity index (χ4v) is 2.48. The summed E-state index contributed by atoms with van der Waals surface area (Å²) in [5.41, 5.74) is 10.0. The average Bonchev–Trinajstić information content (AvgIpc) is 2.76. The number of nitrogen functional groups attached to an aromatic ring is 1. The van der Waals surface area contributed by atoms with E-state index in [2.05, 4.69) is 27.0 Å². The van der Waals surface area contributed by atoms with Crippen molar-refractivity contribution in [2.45, 2.75) is 6.92 Å². The highest BCUT2D eigenvalue weighted by Gasteiger charge is 2.15. The van der Waals surface area contributed by atoms with E-state index in [1.807, 2.05) is 41.8 Å². The van der Waals surface area contributed by atoms with Crippen molar-refractivity contribution in [2.75, 3.05) is 5.73 Å². The van der Waals surface area contributed by atoms with Gasteiger partial charge in [0.05, 0.1) is 11.6 Å². The van der Waals surface area contributed by atoms with Gasteiger partial charge in [0.25, 0.3) is 0 Å². The van der Waals surface area contributed by atoms with Crippen LogP contribution in [-0.4, -0.2) is 9.38 Å². The number of anilines is 1. The van der Waals surface area contributed by atoms with Crippen LogP contribution < -0.4 is 5.73 Å². The van der Waals surface area contributed by atoms with Crippen molar-refractivity contribution >= 4 is 27.4 Å². The van der Waals surface area contributed by atoms with Crippen molar-refractivity contribution in [1.29, 1.82) is 5.26 Å². The first-order valence-electron chi connectivity index (χ1n) is 6.05. The molecule has 2 N–H and O–H groups in total. The molecule has 0 radical (unpaired) electrons. The second-order valence-electron chi connectivity index (χ2n) is 4.54. The molecule has 0 bridgehead atoms. The first kappa shape index (κ1) is 12.7. The molecule has 0 unspecified atom stereocenters. The van der Waals surface area contributed by atoms with Crippen LogP contribution in [0, 0.1) is 18.3 Å². The van der Waals surface area contributed by atoms with Gasteiger partial charge in [-0.2, -0.15) is 5.26 Å². The summed E-state index contributed by atoms with van der Waals surface area (Å²) in [7, 11) is 0. The number of benzene rings is 1. The summed E-state index contributed by atoms with van der Waals surface area (Å²) in [6, 6.07) is 11.5. The highest BCUT2D eigenvalue weighted by Crippen LogP contribution is 2.30. The Labute approximate surface area is 124 Å². The van der Waals surface area contributed by atoms with E-state index in [0.29, 0.717) is 17.1 Å². The number of pyridine rings is 1. The van der Waals surface area contributed by atoms with Crippen LogP contribution in [0.5, 0.6) is 0 Å². The lowest BCUT2D eigenvalue weighted by molar-refractivity contribution is 1.16. The number of aryl methyl sites for hydroxylation is 1. The molecule has 0 fully saturated rings. The summed E-state index contributed by atoms with van der Waals surface area (Å²) < 4.78 is 2.79. The largest absolute Gasteiger partial charge is 0.383 e. The van der Waals surface area contributed by atoms with Gasteiger partial charge in [-0.3, -0.25) is 4.40 Å². The Kier molecular flexibility index (Phi) is 2.96. The van der Waals surface area contributed by atoms with Crippen LogP contribution in [0.3, 0.4) is 0 Å². The molecule has 0 amide bonds. The third-order valence-electron chi connectivity index (χ3n) is 3.24. The number of hydrogen-bond acceptors (Lipinski definition) is 3. The van der Waals surface area contributed by atoms with Crippen molar-refractivity contribution in [3.05, 3.63) is 52.1 Å². The fourth-order valence-electron chi connectivity index (χ4n) is 2.16. The number of halogens is 1. The Bertz CT molecular complexity index is 858. The first-order chi connectivity index (χ1) is 9.61. The molecule has 2 aromatic heterocycles. The quantitative estimate of drug-likeness (QED) is 0.743. The Morgan fingerprint density at radius 1 is 1.35 bits per heavy atom. The zero-order valence-electron chi connectivity index (χ0n) is 10.8. The lowest BCUT2D eigenvalue weighted by Crippen LogP contribution is -1.95. The van der Waals surface area contributed by atoms with E-state index in [0.717, 1.165) is 21.2 Å². The maximum atomic E-state index is 9.20. The van der Waals surface area contributed by atoms with Crippen LogP contribution in [0.15, 0.2) is 41.0 Å². The number of rotatable bonds is 1. The van der Waals surface area contributed by atoms with Gasteiger partial charge >= 0.3 is 0 Å². The third kappa shape index (κ3) is 1.86. The van der Waals surface area contributed by atoms with Crippen molar-refractivity contribution in [1.82, 2.24) is 9.38 Å². The number of aromatic nitrogens is 2. The van der Waals surface area contributed by atoms with Crippen LogP contribution in [-0.2, 0) is 0 Å². The minimum absolute atomic E-state index is 0.531. The second-order valence-corrected chi connectivity index (χ2v) is 5.39. The molecular formula is C15H11BrN4. The molecule has 0 saturated heterocycles.